The summed E-state index contributed by atoms with van der Waals surface area (Å²) in [7, 11) is 1.56. The molecule has 0 heterocycles. The van der Waals surface area contributed by atoms with Crippen LogP contribution in [0.25, 0.3) is 6.08 Å². The molecule has 156 valence electrons. The van der Waals surface area contributed by atoms with Crippen molar-refractivity contribution in [2.75, 3.05) is 12.4 Å². The van der Waals surface area contributed by atoms with Crippen LogP contribution in [0.2, 0.25) is 5.02 Å². The van der Waals surface area contributed by atoms with Crippen molar-refractivity contribution >= 4 is 45.2 Å². The molecule has 0 spiro atoms. The van der Waals surface area contributed by atoms with Crippen molar-refractivity contribution in [3.63, 3.8) is 0 Å². The molecule has 0 unspecified atom stereocenters. The van der Waals surface area contributed by atoms with Gasteiger partial charge >= 0.3 is 0 Å². The van der Waals surface area contributed by atoms with Crippen molar-refractivity contribution in [2.45, 2.75) is 6.61 Å². The van der Waals surface area contributed by atoms with E-state index in [-0.39, 0.29) is 5.57 Å². The van der Waals surface area contributed by atoms with E-state index in [1.807, 2.05) is 30.3 Å². The maximum absolute atomic E-state index is 12.6. The van der Waals surface area contributed by atoms with Crippen LogP contribution in [-0.2, 0) is 11.4 Å². The summed E-state index contributed by atoms with van der Waals surface area (Å²) in [5.41, 5.74) is 2.04. The summed E-state index contributed by atoms with van der Waals surface area (Å²) in [4.78, 5) is 12.6. The number of nitrogens with zero attached hydrogens (tertiary/aromatic N) is 1. The summed E-state index contributed by atoms with van der Waals surface area (Å²) in [5, 5.41) is 12.8. The molecule has 0 saturated heterocycles. The first-order valence-electron chi connectivity index (χ1n) is 9.22. The van der Waals surface area contributed by atoms with Crippen LogP contribution in [0, 0.1) is 11.3 Å². The molecule has 0 bridgehead atoms. The van der Waals surface area contributed by atoms with Gasteiger partial charge in [-0.25, -0.2) is 0 Å². The van der Waals surface area contributed by atoms with Gasteiger partial charge in [-0.3, -0.25) is 4.79 Å². The van der Waals surface area contributed by atoms with Gasteiger partial charge in [-0.2, -0.15) is 5.26 Å². The lowest BCUT2D eigenvalue weighted by atomic mass is 10.1. The Morgan fingerprint density at radius 3 is 2.48 bits per heavy atom. The van der Waals surface area contributed by atoms with Crippen LogP contribution in [0.4, 0.5) is 5.69 Å². The molecule has 0 radical (unpaired) electrons. The van der Waals surface area contributed by atoms with Gasteiger partial charge in [0.15, 0.2) is 0 Å². The van der Waals surface area contributed by atoms with Crippen molar-refractivity contribution < 1.29 is 14.3 Å². The normalized spacial score (nSPS) is 10.8. The van der Waals surface area contributed by atoms with E-state index >= 15 is 0 Å². The first-order chi connectivity index (χ1) is 15.0. The molecule has 0 aliphatic heterocycles. The minimum absolute atomic E-state index is 0.0615. The molecule has 5 nitrogen and oxygen atoms in total. The van der Waals surface area contributed by atoms with Crippen molar-refractivity contribution in [2.24, 2.45) is 0 Å². The second-order valence-corrected chi connectivity index (χ2v) is 7.80. The Bertz CT molecular complexity index is 1140. The predicted octanol–water partition coefficient (Wildman–Crippen LogP) is 6.24. The quantitative estimate of drug-likeness (QED) is 0.310. The molecule has 31 heavy (non-hydrogen) atoms. The third kappa shape index (κ3) is 6.35. The van der Waals surface area contributed by atoms with Gasteiger partial charge in [0, 0.05) is 26.8 Å². The van der Waals surface area contributed by atoms with Gasteiger partial charge in [0.25, 0.3) is 5.91 Å². The van der Waals surface area contributed by atoms with Crippen molar-refractivity contribution in [1.29, 1.82) is 5.26 Å². The number of methoxy groups -OCH3 is 1. The number of amides is 1. The first kappa shape index (κ1) is 22.4. The maximum Gasteiger partial charge on any atom is 0.266 e. The number of nitriles is 1. The summed E-state index contributed by atoms with van der Waals surface area (Å²) in [6, 6.07) is 21.5. The zero-order valence-corrected chi connectivity index (χ0v) is 18.9. The van der Waals surface area contributed by atoms with Crippen LogP contribution >= 0.6 is 27.5 Å². The third-order valence-corrected chi connectivity index (χ3v) is 5.08. The Kier molecular flexibility index (Phi) is 7.71. The number of halogens is 2. The van der Waals surface area contributed by atoms with Crippen molar-refractivity contribution in [1.82, 2.24) is 0 Å². The van der Waals surface area contributed by atoms with Gasteiger partial charge in [-0.1, -0.05) is 39.7 Å². The largest absolute Gasteiger partial charge is 0.497 e. The lowest BCUT2D eigenvalue weighted by Gasteiger charge is -2.12. The number of anilines is 1. The second kappa shape index (κ2) is 10.7. The Balaban J connectivity index is 1.83. The molecule has 1 N–H and O–H groups in total. The Morgan fingerprint density at radius 1 is 1.13 bits per heavy atom. The smallest absolute Gasteiger partial charge is 0.266 e. The second-order valence-electron chi connectivity index (χ2n) is 6.45. The molecule has 7 heteroatoms. The number of ether oxygens (including phenoxy) is 2. The van der Waals surface area contributed by atoms with E-state index in [9.17, 15) is 10.1 Å². The summed E-state index contributed by atoms with van der Waals surface area (Å²) < 4.78 is 12.2. The van der Waals surface area contributed by atoms with Gasteiger partial charge in [0.05, 0.1) is 7.11 Å². The molecule has 3 aromatic carbocycles. The van der Waals surface area contributed by atoms with Crippen LogP contribution < -0.4 is 14.8 Å². The zero-order valence-electron chi connectivity index (χ0n) is 16.6. The van der Waals surface area contributed by atoms with Crippen LogP contribution in [0.5, 0.6) is 11.5 Å². The maximum atomic E-state index is 12.6. The lowest BCUT2D eigenvalue weighted by molar-refractivity contribution is -0.112. The predicted molar refractivity (Wildman–Crippen MR) is 125 cm³/mol. The third-order valence-electron chi connectivity index (χ3n) is 4.30. The van der Waals surface area contributed by atoms with E-state index in [4.69, 9.17) is 21.1 Å². The molecule has 0 atom stereocenters. The summed E-state index contributed by atoms with van der Waals surface area (Å²) in [5.74, 6) is 0.570. The monoisotopic (exact) mass is 496 g/mol. The van der Waals surface area contributed by atoms with Crippen LogP contribution in [-0.4, -0.2) is 13.0 Å². The summed E-state index contributed by atoms with van der Waals surface area (Å²) in [6.07, 6.45) is 1.49. The number of hydrogen-bond acceptors (Lipinski definition) is 4. The molecule has 0 aliphatic rings. The lowest BCUT2D eigenvalue weighted by Crippen LogP contribution is -2.13. The number of carbonyl (C=O) groups is 1. The fraction of sp³-hybridized carbons (Fsp3) is 0.0833. The Labute approximate surface area is 194 Å². The molecule has 3 aromatic rings. The molecule has 0 saturated carbocycles. The number of carbonyl (C=O) groups excluding carboxylic acids is 1. The van der Waals surface area contributed by atoms with Gasteiger partial charge < -0.3 is 14.8 Å². The number of benzene rings is 3. The van der Waals surface area contributed by atoms with E-state index in [0.717, 1.165) is 10.0 Å². The van der Waals surface area contributed by atoms with Gasteiger partial charge in [0.2, 0.25) is 0 Å². The topological polar surface area (TPSA) is 71.3 Å². The summed E-state index contributed by atoms with van der Waals surface area (Å²) in [6.45, 7) is 0.320. The standard InChI is InChI=1S/C24H18BrClN2O3/c1-30-22-11-4-17(23(13-22)31-15-16-2-5-19(25)6-3-16)12-18(14-27)24(29)28-21-9-7-20(26)8-10-21/h2-13H,15H2,1H3,(H,28,29)/b18-12+. The number of hydrogen-bond donors (Lipinski definition) is 1. The first-order valence-corrected chi connectivity index (χ1v) is 10.4. The molecule has 0 aliphatic carbocycles. The van der Waals surface area contributed by atoms with Gasteiger partial charge in [0.1, 0.15) is 29.7 Å². The molecule has 0 aromatic heterocycles. The molecule has 1 amide bonds. The van der Waals surface area contributed by atoms with E-state index in [0.29, 0.717) is 34.4 Å². The van der Waals surface area contributed by atoms with E-state index in [2.05, 4.69) is 21.2 Å². The highest BCUT2D eigenvalue weighted by Gasteiger charge is 2.12. The molecule has 3 rings (SSSR count). The Morgan fingerprint density at radius 2 is 1.84 bits per heavy atom. The van der Waals surface area contributed by atoms with Crippen LogP contribution in [0.3, 0.4) is 0 Å². The van der Waals surface area contributed by atoms with E-state index < -0.39 is 5.91 Å². The average Bonchev–Trinajstić information content (AvgIpc) is 2.79. The van der Waals surface area contributed by atoms with Crippen LogP contribution in [0.1, 0.15) is 11.1 Å². The molecule has 0 fully saturated rings. The Hall–Kier alpha value is -3.27. The zero-order chi connectivity index (χ0) is 22.2. The highest BCUT2D eigenvalue weighted by atomic mass is 79.9. The van der Waals surface area contributed by atoms with Crippen molar-refractivity contribution in [3.8, 4) is 17.6 Å². The summed E-state index contributed by atoms with van der Waals surface area (Å²) >= 11 is 9.27. The van der Waals surface area contributed by atoms with Gasteiger partial charge in [-0.15, -0.1) is 0 Å². The molecular formula is C24H18BrClN2O3. The van der Waals surface area contributed by atoms with Gasteiger partial charge in [-0.05, 0) is 60.2 Å². The average molecular weight is 498 g/mol. The minimum atomic E-state index is -0.528. The van der Waals surface area contributed by atoms with E-state index in [1.54, 1.807) is 49.6 Å². The fourth-order valence-corrected chi connectivity index (χ4v) is 3.05. The highest BCUT2D eigenvalue weighted by Crippen LogP contribution is 2.28. The number of nitrogens with one attached hydrogen (secondary N) is 1. The van der Waals surface area contributed by atoms with Crippen molar-refractivity contribution in [3.05, 3.63) is 92.9 Å². The van der Waals surface area contributed by atoms with E-state index in [1.165, 1.54) is 6.08 Å². The highest BCUT2D eigenvalue weighted by molar-refractivity contribution is 9.10. The SMILES string of the molecule is COc1ccc(/C=C(\C#N)C(=O)Nc2ccc(Cl)cc2)c(OCc2ccc(Br)cc2)c1. The molecular weight excluding hydrogens is 480 g/mol. The number of rotatable bonds is 7. The minimum Gasteiger partial charge on any atom is -0.497 e. The fourth-order valence-electron chi connectivity index (χ4n) is 2.66. The van der Waals surface area contributed by atoms with Crippen LogP contribution in [0.15, 0.2) is 76.8 Å².